The summed E-state index contributed by atoms with van der Waals surface area (Å²) in [4.78, 5) is 26.7. The van der Waals surface area contributed by atoms with Crippen LogP contribution < -0.4 is 11.0 Å². The molecule has 1 N–H and O–H groups in total. The Hall–Kier alpha value is -2.31. The number of aryl methyl sites for hydroxylation is 1. The number of hydrogen-bond donors (Lipinski definition) is 1. The lowest BCUT2D eigenvalue weighted by Crippen LogP contribution is -2.50. The van der Waals surface area contributed by atoms with Crippen molar-refractivity contribution in [2.45, 2.75) is 51.1 Å². The second-order valence-corrected chi connectivity index (χ2v) is 7.11. The topological polar surface area (TPSA) is 71.6 Å². The van der Waals surface area contributed by atoms with Crippen molar-refractivity contribution >= 4 is 11.7 Å². The van der Waals surface area contributed by atoms with Crippen LogP contribution in [0.3, 0.4) is 0 Å². The molecule has 1 saturated carbocycles. The van der Waals surface area contributed by atoms with Crippen molar-refractivity contribution in [3.05, 3.63) is 34.9 Å². The first-order valence-electron chi connectivity index (χ1n) is 9.33. The number of urea groups is 1. The molecule has 3 heterocycles. The van der Waals surface area contributed by atoms with E-state index in [4.69, 9.17) is 0 Å². The molecule has 2 fully saturated rings. The highest BCUT2D eigenvalue weighted by molar-refractivity contribution is 5.74. The molecule has 2 aromatic heterocycles. The number of piperidine rings is 1. The summed E-state index contributed by atoms with van der Waals surface area (Å²) in [5.74, 6) is 0.705. The number of likely N-dealkylation sites (tertiary alicyclic amines) is 1. The minimum absolute atomic E-state index is 0.0546. The number of amides is 2. The summed E-state index contributed by atoms with van der Waals surface area (Å²) in [7, 11) is 0. The van der Waals surface area contributed by atoms with E-state index in [9.17, 15) is 9.59 Å². The third-order valence-corrected chi connectivity index (χ3v) is 5.57. The van der Waals surface area contributed by atoms with Crippen molar-refractivity contribution < 1.29 is 4.79 Å². The highest BCUT2D eigenvalue weighted by Crippen LogP contribution is 2.36. The molecule has 2 amide bonds. The summed E-state index contributed by atoms with van der Waals surface area (Å²) in [6.45, 7) is 1.94. The van der Waals surface area contributed by atoms with Gasteiger partial charge in [-0.05, 0) is 50.2 Å². The molecule has 4 rings (SSSR count). The zero-order chi connectivity index (χ0) is 17.2. The number of rotatable bonds is 4. The van der Waals surface area contributed by atoms with Crippen LogP contribution >= 0.6 is 0 Å². The summed E-state index contributed by atoms with van der Waals surface area (Å²) in [5.41, 5.74) is 0.517. The molecule has 2 atom stereocenters. The van der Waals surface area contributed by atoms with Crippen LogP contribution in [0.25, 0.3) is 5.65 Å². The van der Waals surface area contributed by atoms with Gasteiger partial charge in [-0.25, -0.2) is 14.3 Å². The van der Waals surface area contributed by atoms with Crippen LogP contribution in [0.15, 0.2) is 29.2 Å². The number of carbonyl (C=O) groups is 1. The van der Waals surface area contributed by atoms with E-state index in [0.29, 0.717) is 37.1 Å². The lowest BCUT2D eigenvalue weighted by molar-refractivity contribution is 0.128. The van der Waals surface area contributed by atoms with Crippen molar-refractivity contribution in [2.24, 2.45) is 5.92 Å². The SMILES string of the molecule is O=C(NCCCn1nc2ccccn2c1=O)N1CCC[C@@H]2CCC[C@@H]21. The summed E-state index contributed by atoms with van der Waals surface area (Å²) in [6, 6.07) is 5.99. The molecule has 7 nitrogen and oxygen atoms in total. The molecule has 134 valence electrons. The summed E-state index contributed by atoms with van der Waals surface area (Å²) >= 11 is 0. The maximum absolute atomic E-state index is 12.5. The van der Waals surface area contributed by atoms with Gasteiger partial charge in [-0.15, -0.1) is 5.10 Å². The number of hydrogen-bond acceptors (Lipinski definition) is 3. The molecule has 2 aromatic rings. The molecule has 0 radical (unpaired) electrons. The van der Waals surface area contributed by atoms with Gasteiger partial charge in [0.1, 0.15) is 0 Å². The average Bonchev–Trinajstić information content (AvgIpc) is 3.23. The van der Waals surface area contributed by atoms with Crippen LogP contribution in [0, 0.1) is 5.92 Å². The second-order valence-electron chi connectivity index (χ2n) is 7.11. The Morgan fingerprint density at radius 1 is 1.24 bits per heavy atom. The van der Waals surface area contributed by atoms with Gasteiger partial charge in [-0.3, -0.25) is 4.40 Å². The molecule has 1 aliphatic carbocycles. The Labute approximate surface area is 146 Å². The first kappa shape index (κ1) is 16.2. The van der Waals surface area contributed by atoms with E-state index < -0.39 is 0 Å². The van der Waals surface area contributed by atoms with Gasteiger partial charge in [0.25, 0.3) is 0 Å². The number of carbonyl (C=O) groups excluding carboxylic acids is 1. The van der Waals surface area contributed by atoms with Crippen LogP contribution in [-0.2, 0) is 6.54 Å². The first-order valence-corrected chi connectivity index (χ1v) is 9.33. The van der Waals surface area contributed by atoms with Gasteiger partial charge in [0.15, 0.2) is 5.65 Å². The van der Waals surface area contributed by atoms with Crippen LogP contribution in [0.5, 0.6) is 0 Å². The molecular formula is C18H25N5O2. The molecule has 7 heteroatoms. The molecule has 0 spiro atoms. The quantitative estimate of drug-likeness (QED) is 0.862. The third kappa shape index (κ3) is 3.15. The Kier molecular flexibility index (Phi) is 4.46. The number of fused-ring (bicyclic) bond motifs is 2. The van der Waals surface area contributed by atoms with Crippen molar-refractivity contribution in [2.75, 3.05) is 13.1 Å². The predicted octanol–water partition coefficient (Wildman–Crippen LogP) is 1.86. The summed E-state index contributed by atoms with van der Waals surface area (Å²) < 4.78 is 3.00. The van der Waals surface area contributed by atoms with Crippen LogP contribution in [0.1, 0.15) is 38.5 Å². The van der Waals surface area contributed by atoms with E-state index in [1.54, 1.807) is 6.20 Å². The van der Waals surface area contributed by atoms with E-state index in [0.717, 1.165) is 19.4 Å². The highest BCUT2D eigenvalue weighted by atomic mass is 16.2. The zero-order valence-corrected chi connectivity index (χ0v) is 14.4. The van der Waals surface area contributed by atoms with Crippen LogP contribution in [0.2, 0.25) is 0 Å². The van der Waals surface area contributed by atoms with Crippen molar-refractivity contribution in [1.29, 1.82) is 0 Å². The number of nitrogens with one attached hydrogen (secondary N) is 1. The highest BCUT2D eigenvalue weighted by Gasteiger charge is 2.37. The fraction of sp³-hybridized carbons (Fsp3) is 0.611. The van der Waals surface area contributed by atoms with Crippen LogP contribution in [0.4, 0.5) is 4.79 Å². The van der Waals surface area contributed by atoms with Gasteiger partial charge in [0.05, 0.1) is 0 Å². The van der Waals surface area contributed by atoms with Gasteiger partial charge in [-0.1, -0.05) is 12.5 Å². The third-order valence-electron chi connectivity index (χ3n) is 5.57. The monoisotopic (exact) mass is 343 g/mol. The van der Waals surface area contributed by atoms with Gasteiger partial charge in [0, 0.05) is 31.9 Å². The Bertz CT molecular complexity index is 811. The van der Waals surface area contributed by atoms with Crippen molar-refractivity contribution in [1.82, 2.24) is 24.4 Å². The lowest BCUT2D eigenvalue weighted by Gasteiger charge is -2.37. The van der Waals surface area contributed by atoms with E-state index >= 15 is 0 Å². The van der Waals surface area contributed by atoms with Gasteiger partial charge in [0.2, 0.25) is 0 Å². The molecule has 2 aliphatic rings. The fourth-order valence-electron chi connectivity index (χ4n) is 4.35. The maximum Gasteiger partial charge on any atom is 0.350 e. The smallest absolute Gasteiger partial charge is 0.338 e. The predicted molar refractivity (Wildman–Crippen MR) is 94.5 cm³/mol. The van der Waals surface area contributed by atoms with E-state index in [1.807, 2.05) is 23.1 Å². The normalized spacial score (nSPS) is 23.0. The molecular weight excluding hydrogens is 318 g/mol. The average molecular weight is 343 g/mol. The number of pyridine rings is 1. The van der Waals surface area contributed by atoms with E-state index in [2.05, 4.69) is 10.4 Å². The minimum Gasteiger partial charge on any atom is -0.338 e. The van der Waals surface area contributed by atoms with Gasteiger partial charge < -0.3 is 10.2 Å². The molecule has 1 aliphatic heterocycles. The van der Waals surface area contributed by atoms with Gasteiger partial charge >= 0.3 is 11.7 Å². The fourth-order valence-corrected chi connectivity index (χ4v) is 4.35. The van der Waals surface area contributed by atoms with Crippen molar-refractivity contribution in [3.8, 4) is 0 Å². The number of aromatic nitrogens is 3. The Balaban J connectivity index is 1.29. The van der Waals surface area contributed by atoms with Crippen LogP contribution in [-0.4, -0.2) is 44.2 Å². The summed E-state index contributed by atoms with van der Waals surface area (Å²) in [6.07, 6.45) is 8.46. The number of nitrogens with zero attached hydrogens (tertiary/aromatic N) is 4. The molecule has 0 bridgehead atoms. The molecule has 0 unspecified atom stereocenters. The maximum atomic E-state index is 12.5. The lowest BCUT2D eigenvalue weighted by atomic mass is 9.92. The van der Waals surface area contributed by atoms with Crippen molar-refractivity contribution in [3.63, 3.8) is 0 Å². The second kappa shape index (κ2) is 6.90. The summed E-state index contributed by atoms with van der Waals surface area (Å²) in [5, 5.41) is 7.33. The van der Waals surface area contributed by atoms with E-state index in [1.165, 1.54) is 28.3 Å². The van der Waals surface area contributed by atoms with E-state index in [-0.39, 0.29) is 11.7 Å². The zero-order valence-electron chi connectivity index (χ0n) is 14.4. The molecule has 1 saturated heterocycles. The standard InChI is InChI=1S/C18H25N5O2/c24-17(21-12-4-7-14-6-3-8-15(14)21)19-10-5-13-23-18(25)22-11-2-1-9-16(22)20-23/h1-2,9,11,14-15H,3-8,10,12-13H2,(H,19,24)/t14-,15-/m0/s1. The molecule has 25 heavy (non-hydrogen) atoms. The Morgan fingerprint density at radius 2 is 2.12 bits per heavy atom. The van der Waals surface area contributed by atoms with Gasteiger partial charge in [-0.2, -0.15) is 0 Å². The minimum atomic E-state index is -0.133. The molecule has 0 aromatic carbocycles. The Morgan fingerprint density at radius 3 is 3.00 bits per heavy atom. The largest absolute Gasteiger partial charge is 0.350 e. The first-order chi connectivity index (χ1) is 12.2.